The Morgan fingerprint density at radius 2 is 1.85 bits per heavy atom. The highest BCUT2D eigenvalue weighted by Gasteiger charge is 2.23. The van der Waals surface area contributed by atoms with Gasteiger partial charge in [-0.2, -0.15) is 0 Å². The van der Waals surface area contributed by atoms with Crippen molar-refractivity contribution in [3.8, 4) is 5.75 Å². The van der Waals surface area contributed by atoms with Gasteiger partial charge in [0, 0.05) is 10.6 Å². The molecule has 1 N–H and O–H groups in total. The van der Waals surface area contributed by atoms with E-state index in [0.29, 0.717) is 40.6 Å². The monoisotopic (exact) mass is 463 g/mol. The molecule has 3 nitrogen and oxygen atoms in total. The molecular weight excluding hydrogens is 456 g/mol. The SMILES string of the molecule is O=C1NC(=S)SC1=Cc1cc(Cl)cc(Cl)c1OCc1ccc(Cl)c(Cl)c1. The van der Waals surface area contributed by atoms with E-state index in [2.05, 4.69) is 5.32 Å². The minimum absolute atomic E-state index is 0.214. The molecule has 1 aliphatic rings. The molecule has 0 bridgehead atoms. The maximum Gasteiger partial charge on any atom is 0.263 e. The second-order valence-electron chi connectivity index (χ2n) is 5.20. The molecule has 1 heterocycles. The van der Waals surface area contributed by atoms with E-state index < -0.39 is 0 Å². The first-order chi connectivity index (χ1) is 12.3. The number of carbonyl (C=O) groups is 1. The van der Waals surface area contributed by atoms with Crippen molar-refractivity contribution in [2.24, 2.45) is 0 Å². The Kier molecular flexibility index (Phi) is 6.38. The van der Waals surface area contributed by atoms with Crippen molar-refractivity contribution in [3.63, 3.8) is 0 Å². The number of rotatable bonds is 4. The fourth-order valence-corrected chi connectivity index (χ4v) is 4.11. The Morgan fingerprint density at radius 3 is 2.50 bits per heavy atom. The number of halogens is 4. The number of nitrogens with one attached hydrogen (secondary N) is 1. The number of benzene rings is 2. The van der Waals surface area contributed by atoms with Crippen molar-refractivity contribution in [2.45, 2.75) is 6.61 Å². The van der Waals surface area contributed by atoms with Crippen LogP contribution < -0.4 is 10.1 Å². The minimum atomic E-state index is -0.272. The molecule has 1 saturated heterocycles. The lowest BCUT2D eigenvalue weighted by atomic mass is 10.1. The van der Waals surface area contributed by atoms with Gasteiger partial charge in [-0.15, -0.1) is 0 Å². The molecule has 3 rings (SSSR count). The van der Waals surface area contributed by atoms with Crippen LogP contribution in [0.3, 0.4) is 0 Å². The Labute approximate surface area is 179 Å². The Bertz CT molecular complexity index is 947. The maximum absolute atomic E-state index is 11.9. The van der Waals surface area contributed by atoms with Crippen molar-refractivity contribution in [1.29, 1.82) is 0 Å². The highest BCUT2D eigenvalue weighted by molar-refractivity contribution is 8.26. The second-order valence-corrected chi connectivity index (χ2v) is 8.57. The summed E-state index contributed by atoms with van der Waals surface area (Å²) in [6.07, 6.45) is 1.64. The van der Waals surface area contributed by atoms with Gasteiger partial charge in [0.05, 0.1) is 20.0 Å². The Balaban J connectivity index is 1.91. The number of hydrogen-bond acceptors (Lipinski definition) is 4. The summed E-state index contributed by atoms with van der Waals surface area (Å²) in [5.41, 5.74) is 1.39. The van der Waals surface area contributed by atoms with Crippen LogP contribution in [0.25, 0.3) is 6.08 Å². The molecule has 9 heteroatoms. The predicted octanol–water partition coefficient (Wildman–Crippen LogP) is 6.37. The zero-order chi connectivity index (χ0) is 18.8. The summed E-state index contributed by atoms with van der Waals surface area (Å²) in [4.78, 5) is 12.3. The van der Waals surface area contributed by atoms with Gasteiger partial charge in [0.1, 0.15) is 16.7 Å². The quantitative estimate of drug-likeness (QED) is 0.421. The topological polar surface area (TPSA) is 38.3 Å². The van der Waals surface area contributed by atoms with E-state index in [-0.39, 0.29) is 12.5 Å². The molecule has 2 aromatic rings. The number of amides is 1. The van der Waals surface area contributed by atoms with Gasteiger partial charge in [-0.1, -0.05) is 76.4 Å². The zero-order valence-corrected chi connectivity index (χ0v) is 17.5. The number of hydrogen-bond donors (Lipinski definition) is 1. The van der Waals surface area contributed by atoms with Crippen molar-refractivity contribution in [1.82, 2.24) is 5.32 Å². The lowest BCUT2D eigenvalue weighted by molar-refractivity contribution is -0.115. The molecule has 0 atom stereocenters. The normalized spacial score (nSPS) is 15.5. The predicted molar refractivity (Wildman–Crippen MR) is 114 cm³/mol. The average molecular weight is 465 g/mol. The van der Waals surface area contributed by atoms with Crippen LogP contribution in [0.5, 0.6) is 5.75 Å². The summed E-state index contributed by atoms with van der Waals surface area (Å²) in [5, 5.41) is 4.21. The Hall–Kier alpha value is -0.950. The Morgan fingerprint density at radius 1 is 1.08 bits per heavy atom. The van der Waals surface area contributed by atoms with Crippen LogP contribution >= 0.6 is 70.4 Å². The number of ether oxygens (including phenoxy) is 1. The van der Waals surface area contributed by atoms with E-state index in [1.165, 1.54) is 11.8 Å². The molecule has 2 aromatic carbocycles. The molecule has 0 unspecified atom stereocenters. The molecule has 0 aromatic heterocycles. The highest BCUT2D eigenvalue weighted by atomic mass is 35.5. The largest absolute Gasteiger partial charge is 0.487 e. The fraction of sp³-hybridized carbons (Fsp3) is 0.0588. The summed E-state index contributed by atoms with van der Waals surface area (Å²) in [5.74, 6) is 0.132. The van der Waals surface area contributed by atoms with Gasteiger partial charge < -0.3 is 10.1 Å². The van der Waals surface area contributed by atoms with Crippen molar-refractivity contribution in [2.75, 3.05) is 0 Å². The van der Waals surface area contributed by atoms with Crippen molar-refractivity contribution < 1.29 is 9.53 Å². The molecule has 0 saturated carbocycles. The van der Waals surface area contributed by atoms with E-state index in [9.17, 15) is 4.79 Å². The third-order valence-electron chi connectivity index (χ3n) is 3.33. The molecule has 1 aliphatic heterocycles. The van der Waals surface area contributed by atoms with Crippen LogP contribution in [0.4, 0.5) is 0 Å². The molecular formula is C17H9Cl4NO2S2. The van der Waals surface area contributed by atoms with Crippen molar-refractivity contribution in [3.05, 3.63) is 66.5 Å². The summed E-state index contributed by atoms with van der Waals surface area (Å²) in [6, 6.07) is 8.44. The van der Waals surface area contributed by atoms with E-state index in [0.717, 1.165) is 5.56 Å². The number of thioether (sulfide) groups is 1. The first-order valence-electron chi connectivity index (χ1n) is 7.14. The number of carbonyl (C=O) groups excluding carboxylic acids is 1. The first-order valence-corrected chi connectivity index (χ1v) is 9.88. The van der Waals surface area contributed by atoms with Gasteiger partial charge in [-0.25, -0.2) is 0 Å². The van der Waals surface area contributed by atoms with Crippen LogP contribution in [0.2, 0.25) is 20.1 Å². The first kappa shape index (κ1) is 19.8. The lowest BCUT2D eigenvalue weighted by Crippen LogP contribution is -2.17. The third kappa shape index (κ3) is 4.66. The van der Waals surface area contributed by atoms with E-state index >= 15 is 0 Å². The molecule has 1 amide bonds. The lowest BCUT2D eigenvalue weighted by Gasteiger charge is -2.13. The average Bonchev–Trinajstić information content (AvgIpc) is 2.87. The molecule has 26 heavy (non-hydrogen) atoms. The van der Waals surface area contributed by atoms with Gasteiger partial charge >= 0.3 is 0 Å². The van der Waals surface area contributed by atoms with Crippen molar-refractivity contribution >= 4 is 86.7 Å². The highest BCUT2D eigenvalue weighted by Crippen LogP contribution is 2.37. The standard InChI is InChI=1S/C17H9Cl4NO2S2/c18-10-4-9(5-14-16(23)22-17(25)26-14)15(13(21)6-10)24-7-8-1-2-11(19)12(20)3-8/h1-6H,7H2,(H,22,23,25). The third-order valence-corrected chi connectivity index (χ3v) is 5.73. The van der Waals surface area contributed by atoms with E-state index in [1.807, 2.05) is 0 Å². The smallest absolute Gasteiger partial charge is 0.263 e. The van der Waals surface area contributed by atoms with Gasteiger partial charge in [-0.05, 0) is 35.9 Å². The van der Waals surface area contributed by atoms with Crippen LogP contribution in [0, 0.1) is 0 Å². The van der Waals surface area contributed by atoms with Gasteiger partial charge in [0.2, 0.25) is 0 Å². The minimum Gasteiger partial charge on any atom is -0.487 e. The van der Waals surface area contributed by atoms with Crippen LogP contribution in [0.15, 0.2) is 35.2 Å². The second kappa shape index (κ2) is 8.38. The van der Waals surface area contributed by atoms with E-state index in [1.54, 1.807) is 36.4 Å². The molecule has 0 spiro atoms. The van der Waals surface area contributed by atoms with Gasteiger partial charge in [0.15, 0.2) is 0 Å². The number of thiocarbonyl (C=S) groups is 1. The van der Waals surface area contributed by atoms with Gasteiger partial charge in [0.25, 0.3) is 5.91 Å². The maximum atomic E-state index is 11.9. The molecule has 1 fully saturated rings. The van der Waals surface area contributed by atoms with Crippen LogP contribution in [-0.2, 0) is 11.4 Å². The fourth-order valence-electron chi connectivity index (χ4n) is 2.19. The summed E-state index contributed by atoms with van der Waals surface area (Å²) >= 11 is 30.5. The van der Waals surface area contributed by atoms with Crippen LogP contribution in [-0.4, -0.2) is 10.2 Å². The van der Waals surface area contributed by atoms with Crippen LogP contribution in [0.1, 0.15) is 11.1 Å². The summed E-state index contributed by atoms with van der Waals surface area (Å²) < 4.78 is 6.26. The summed E-state index contributed by atoms with van der Waals surface area (Å²) in [7, 11) is 0. The molecule has 134 valence electrons. The van der Waals surface area contributed by atoms with E-state index in [4.69, 9.17) is 63.4 Å². The van der Waals surface area contributed by atoms with Gasteiger partial charge in [-0.3, -0.25) is 4.79 Å². The molecule has 0 aliphatic carbocycles. The molecule has 0 radical (unpaired) electrons. The zero-order valence-electron chi connectivity index (χ0n) is 12.8. The summed E-state index contributed by atoms with van der Waals surface area (Å²) in [6.45, 7) is 0.214.